The minimum Gasteiger partial charge on any atom is -0.334 e. The van der Waals surface area contributed by atoms with Gasteiger partial charge in [0.2, 0.25) is 0 Å². The maximum absolute atomic E-state index is 14.6. The highest BCUT2D eigenvalue weighted by Crippen LogP contribution is 2.25. The fourth-order valence-electron chi connectivity index (χ4n) is 3.59. The van der Waals surface area contributed by atoms with Crippen LogP contribution in [0.4, 0.5) is 4.39 Å². The smallest absolute Gasteiger partial charge is 0.254 e. The van der Waals surface area contributed by atoms with Crippen molar-refractivity contribution in [2.45, 2.75) is 39.7 Å². The second kappa shape index (κ2) is 6.96. The van der Waals surface area contributed by atoms with Crippen molar-refractivity contribution >= 4 is 5.91 Å². The molecule has 6 heteroatoms. The van der Waals surface area contributed by atoms with E-state index in [1.165, 1.54) is 6.07 Å². The van der Waals surface area contributed by atoms with Crippen LogP contribution in [0.5, 0.6) is 0 Å². The average molecular weight is 344 g/mol. The van der Waals surface area contributed by atoms with Gasteiger partial charge in [-0.15, -0.1) is 0 Å². The molecule has 2 atom stereocenters. The first kappa shape index (κ1) is 17.6. The molecular formula is C19H25FN4O. The molecule has 1 fully saturated rings. The lowest BCUT2D eigenvalue weighted by molar-refractivity contribution is 0.0573. The average Bonchev–Trinajstić information content (AvgIpc) is 2.92. The van der Waals surface area contributed by atoms with Gasteiger partial charge >= 0.3 is 0 Å². The first-order valence-corrected chi connectivity index (χ1v) is 8.75. The second-order valence-electron chi connectivity index (χ2n) is 7.02. The number of carbonyl (C=O) groups is 1. The van der Waals surface area contributed by atoms with E-state index in [-0.39, 0.29) is 11.9 Å². The van der Waals surface area contributed by atoms with Gasteiger partial charge in [-0.25, -0.2) is 9.07 Å². The number of piperidine rings is 1. The highest BCUT2D eigenvalue weighted by atomic mass is 19.1. The maximum atomic E-state index is 14.6. The van der Waals surface area contributed by atoms with E-state index in [1.807, 2.05) is 19.9 Å². The minimum atomic E-state index is -0.452. The molecule has 5 nitrogen and oxygen atoms in total. The van der Waals surface area contributed by atoms with Crippen molar-refractivity contribution in [2.24, 2.45) is 11.7 Å². The van der Waals surface area contributed by atoms with Gasteiger partial charge in [-0.05, 0) is 56.9 Å². The molecule has 134 valence electrons. The summed E-state index contributed by atoms with van der Waals surface area (Å²) in [6.45, 7) is 7.02. The third kappa shape index (κ3) is 3.44. The number of hydrogen-bond donors (Lipinski definition) is 1. The molecule has 2 aromatic rings. The van der Waals surface area contributed by atoms with Crippen molar-refractivity contribution in [3.63, 3.8) is 0 Å². The van der Waals surface area contributed by atoms with Crippen molar-refractivity contribution in [2.75, 3.05) is 13.1 Å². The minimum absolute atomic E-state index is 0.0231. The molecule has 0 aliphatic carbocycles. The Bertz CT molecular complexity index is 786. The summed E-state index contributed by atoms with van der Waals surface area (Å²) in [6.07, 6.45) is 1.85. The van der Waals surface area contributed by atoms with Crippen LogP contribution in [0.3, 0.4) is 0 Å². The molecule has 1 aliphatic rings. The van der Waals surface area contributed by atoms with E-state index in [9.17, 15) is 9.18 Å². The first-order valence-electron chi connectivity index (χ1n) is 8.75. The van der Waals surface area contributed by atoms with Crippen molar-refractivity contribution in [3.05, 3.63) is 47.0 Å². The van der Waals surface area contributed by atoms with Crippen LogP contribution in [-0.4, -0.2) is 39.7 Å². The lowest BCUT2D eigenvalue weighted by Crippen LogP contribution is -2.49. The van der Waals surface area contributed by atoms with E-state index in [0.717, 1.165) is 24.2 Å². The number of likely N-dealkylation sites (tertiary alicyclic amines) is 1. The number of amides is 1. The van der Waals surface area contributed by atoms with Crippen LogP contribution in [-0.2, 0) is 0 Å². The Balaban J connectivity index is 1.87. The molecular weight excluding hydrogens is 319 g/mol. The van der Waals surface area contributed by atoms with Crippen molar-refractivity contribution in [3.8, 4) is 5.69 Å². The van der Waals surface area contributed by atoms with E-state index in [0.29, 0.717) is 30.3 Å². The quantitative estimate of drug-likeness (QED) is 0.931. The Morgan fingerprint density at radius 2 is 2.12 bits per heavy atom. The predicted molar refractivity (Wildman–Crippen MR) is 95.3 cm³/mol. The van der Waals surface area contributed by atoms with Crippen LogP contribution in [0.1, 0.15) is 41.5 Å². The fourth-order valence-corrected chi connectivity index (χ4v) is 3.59. The molecule has 2 unspecified atom stereocenters. The highest BCUT2D eigenvalue weighted by Gasteiger charge is 2.30. The summed E-state index contributed by atoms with van der Waals surface area (Å²) in [5, 5.41) is 4.30. The maximum Gasteiger partial charge on any atom is 0.254 e. The van der Waals surface area contributed by atoms with E-state index < -0.39 is 5.82 Å². The number of halogens is 1. The summed E-state index contributed by atoms with van der Waals surface area (Å²) < 4.78 is 16.2. The molecule has 1 saturated heterocycles. The number of benzene rings is 1. The fraction of sp³-hybridized carbons (Fsp3) is 0.474. The second-order valence-corrected chi connectivity index (χ2v) is 7.02. The number of carbonyl (C=O) groups excluding carboxylic acids is 1. The summed E-state index contributed by atoms with van der Waals surface area (Å²) in [6, 6.07) is 6.50. The van der Waals surface area contributed by atoms with E-state index in [1.54, 1.807) is 21.7 Å². The lowest BCUT2D eigenvalue weighted by Gasteiger charge is -2.38. The number of nitrogens with two attached hydrogens (primary N) is 1. The van der Waals surface area contributed by atoms with Gasteiger partial charge in [0.25, 0.3) is 5.91 Å². The third-order valence-electron chi connectivity index (χ3n) is 4.94. The summed E-state index contributed by atoms with van der Waals surface area (Å²) in [5.74, 6) is -0.0457. The number of nitrogens with zero attached hydrogens (tertiary/aromatic N) is 3. The third-order valence-corrected chi connectivity index (χ3v) is 4.94. The molecule has 0 spiro atoms. The number of aryl methyl sites for hydroxylation is 2. The van der Waals surface area contributed by atoms with Gasteiger partial charge in [-0.3, -0.25) is 4.79 Å². The molecule has 1 amide bonds. The van der Waals surface area contributed by atoms with Crippen LogP contribution in [0.25, 0.3) is 5.69 Å². The van der Waals surface area contributed by atoms with E-state index >= 15 is 0 Å². The van der Waals surface area contributed by atoms with Crippen LogP contribution >= 0.6 is 0 Å². The molecule has 1 aromatic heterocycles. The molecule has 0 saturated carbocycles. The van der Waals surface area contributed by atoms with Crippen molar-refractivity contribution in [1.29, 1.82) is 0 Å². The molecule has 1 aromatic carbocycles. The van der Waals surface area contributed by atoms with Crippen LogP contribution in [0.2, 0.25) is 0 Å². The van der Waals surface area contributed by atoms with Gasteiger partial charge in [0.05, 0.1) is 5.69 Å². The SMILES string of the molecule is Cc1cc(C)n(-c2ccc(C(=O)N3CCC(C)CC3CN)cc2F)n1. The Kier molecular flexibility index (Phi) is 4.90. The van der Waals surface area contributed by atoms with Gasteiger partial charge in [0.15, 0.2) is 0 Å². The van der Waals surface area contributed by atoms with Gasteiger partial charge < -0.3 is 10.6 Å². The molecule has 25 heavy (non-hydrogen) atoms. The molecule has 1 aliphatic heterocycles. The largest absolute Gasteiger partial charge is 0.334 e. The zero-order valence-corrected chi connectivity index (χ0v) is 15.0. The Hall–Kier alpha value is -2.21. The van der Waals surface area contributed by atoms with E-state index in [2.05, 4.69) is 12.0 Å². The predicted octanol–water partition coefficient (Wildman–Crippen LogP) is 2.83. The van der Waals surface area contributed by atoms with Gasteiger partial charge in [-0.1, -0.05) is 6.92 Å². The summed E-state index contributed by atoms with van der Waals surface area (Å²) in [4.78, 5) is 14.6. The molecule has 0 bridgehead atoms. The Labute approximate surface area is 147 Å². The number of aromatic nitrogens is 2. The van der Waals surface area contributed by atoms with Crippen molar-refractivity contribution in [1.82, 2.24) is 14.7 Å². The highest BCUT2D eigenvalue weighted by molar-refractivity contribution is 5.94. The summed E-state index contributed by atoms with van der Waals surface area (Å²) in [5.41, 5.74) is 8.22. The molecule has 2 N–H and O–H groups in total. The molecule has 3 rings (SSSR count). The molecule has 0 radical (unpaired) electrons. The van der Waals surface area contributed by atoms with Gasteiger partial charge in [0.1, 0.15) is 11.5 Å². The van der Waals surface area contributed by atoms with E-state index in [4.69, 9.17) is 5.73 Å². The summed E-state index contributed by atoms with van der Waals surface area (Å²) >= 11 is 0. The zero-order valence-electron chi connectivity index (χ0n) is 15.0. The Morgan fingerprint density at radius 3 is 2.72 bits per heavy atom. The Morgan fingerprint density at radius 1 is 1.36 bits per heavy atom. The summed E-state index contributed by atoms with van der Waals surface area (Å²) in [7, 11) is 0. The van der Waals surface area contributed by atoms with Crippen LogP contribution in [0.15, 0.2) is 24.3 Å². The monoisotopic (exact) mass is 344 g/mol. The molecule has 2 heterocycles. The zero-order chi connectivity index (χ0) is 18.1. The first-order chi connectivity index (χ1) is 11.9. The lowest BCUT2D eigenvalue weighted by atomic mass is 9.92. The van der Waals surface area contributed by atoms with Gasteiger partial charge in [0, 0.05) is 30.4 Å². The number of rotatable bonds is 3. The van der Waals surface area contributed by atoms with Gasteiger partial charge in [-0.2, -0.15) is 5.10 Å². The normalized spacial score (nSPS) is 20.8. The number of hydrogen-bond acceptors (Lipinski definition) is 3. The van der Waals surface area contributed by atoms with Crippen molar-refractivity contribution < 1.29 is 9.18 Å². The van der Waals surface area contributed by atoms with Crippen LogP contribution < -0.4 is 5.73 Å². The van der Waals surface area contributed by atoms with Crippen LogP contribution in [0, 0.1) is 25.6 Å². The topological polar surface area (TPSA) is 64.2 Å². The standard InChI is InChI=1S/C19H25FN4O/c1-12-6-7-23(16(8-12)11-21)19(25)15-4-5-18(17(20)10-15)24-14(3)9-13(2)22-24/h4-5,9-10,12,16H,6-8,11,21H2,1-3H3.